The number of piperazine rings is 1. The molecule has 1 aliphatic heterocycles. The van der Waals surface area contributed by atoms with Crippen LogP contribution < -0.4 is 0 Å². The van der Waals surface area contributed by atoms with Crippen molar-refractivity contribution in [2.45, 2.75) is 23.6 Å². The number of hydrogen-bond donors (Lipinski definition) is 0. The predicted molar refractivity (Wildman–Crippen MR) is 115 cm³/mol. The van der Waals surface area contributed by atoms with Gasteiger partial charge in [-0.1, -0.05) is 31.9 Å². The predicted octanol–water partition coefficient (Wildman–Crippen LogP) is 3.52. The Morgan fingerprint density at radius 2 is 1.00 bits per heavy atom. The number of aryl methyl sites for hydroxylation is 2. The van der Waals surface area contributed by atoms with E-state index >= 15 is 0 Å². The summed E-state index contributed by atoms with van der Waals surface area (Å²) in [6.07, 6.45) is 0. The Balaban J connectivity index is 1.78. The molecule has 0 N–H and O–H groups in total. The van der Waals surface area contributed by atoms with E-state index in [1.54, 1.807) is 36.4 Å². The van der Waals surface area contributed by atoms with Crippen LogP contribution in [-0.4, -0.2) is 51.6 Å². The molecule has 0 atom stereocenters. The Labute approximate surface area is 182 Å². The van der Waals surface area contributed by atoms with E-state index in [4.69, 9.17) is 0 Å². The SMILES string of the molecule is Cc1cc(S(=O)(=O)N2CCN(S(=O)(=O)c3ccc(Br)c(C)c3)CC2)ccc1Br. The maximum Gasteiger partial charge on any atom is 0.243 e. The molecule has 0 aromatic heterocycles. The average molecular weight is 552 g/mol. The van der Waals surface area contributed by atoms with Crippen molar-refractivity contribution in [1.29, 1.82) is 0 Å². The minimum absolute atomic E-state index is 0.117. The molecule has 0 saturated carbocycles. The van der Waals surface area contributed by atoms with Crippen LogP contribution in [0.4, 0.5) is 0 Å². The van der Waals surface area contributed by atoms with Crippen LogP contribution in [0.5, 0.6) is 0 Å². The standard InChI is InChI=1S/C18H20Br2N2O4S2/c1-13-11-15(3-5-17(13)19)27(23,24)21-7-9-22(10-8-21)28(25,26)16-4-6-18(20)14(2)12-16/h3-6,11-12H,7-10H2,1-2H3. The number of rotatable bonds is 4. The fourth-order valence-corrected chi connectivity index (χ4v) is 6.51. The van der Waals surface area contributed by atoms with Crippen LogP contribution in [0.25, 0.3) is 0 Å². The monoisotopic (exact) mass is 550 g/mol. The van der Waals surface area contributed by atoms with Crippen molar-refractivity contribution in [2.24, 2.45) is 0 Å². The summed E-state index contributed by atoms with van der Waals surface area (Å²) < 4.78 is 56.0. The third kappa shape index (κ3) is 4.22. The van der Waals surface area contributed by atoms with Crippen LogP contribution in [0, 0.1) is 13.8 Å². The van der Waals surface area contributed by atoms with Gasteiger partial charge in [0.25, 0.3) is 0 Å². The maximum atomic E-state index is 12.9. The highest BCUT2D eigenvalue weighted by Gasteiger charge is 2.34. The molecule has 0 aliphatic carbocycles. The van der Waals surface area contributed by atoms with Gasteiger partial charge in [-0.05, 0) is 61.4 Å². The van der Waals surface area contributed by atoms with Gasteiger partial charge in [0.15, 0.2) is 0 Å². The molecule has 1 heterocycles. The van der Waals surface area contributed by atoms with Crippen LogP contribution in [-0.2, 0) is 20.0 Å². The van der Waals surface area contributed by atoms with Crippen LogP contribution in [0.2, 0.25) is 0 Å². The fraction of sp³-hybridized carbons (Fsp3) is 0.333. The first kappa shape index (κ1) is 21.9. The van der Waals surface area contributed by atoms with Crippen molar-refractivity contribution in [3.63, 3.8) is 0 Å². The number of nitrogens with zero attached hydrogens (tertiary/aromatic N) is 2. The zero-order chi connectivity index (χ0) is 20.7. The number of halogens is 2. The zero-order valence-electron chi connectivity index (χ0n) is 15.4. The second kappa shape index (κ2) is 8.16. The Morgan fingerprint density at radius 1 is 0.679 bits per heavy atom. The highest BCUT2D eigenvalue weighted by atomic mass is 79.9. The second-order valence-electron chi connectivity index (χ2n) is 6.63. The summed E-state index contributed by atoms with van der Waals surface area (Å²) in [4.78, 5) is 0.432. The summed E-state index contributed by atoms with van der Waals surface area (Å²) >= 11 is 6.74. The molecule has 10 heteroatoms. The van der Waals surface area contributed by atoms with Crippen molar-refractivity contribution >= 4 is 51.9 Å². The topological polar surface area (TPSA) is 74.8 Å². The van der Waals surface area contributed by atoms with E-state index < -0.39 is 20.0 Å². The lowest BCUT2D eigenvalue weighted by Gasteiger charge is -2.33. The van der Waals surface area contributed by atoms with E-state index in [0.717, 1.165) is 20.1 Å². The fourth-order valence-electron chi connectivity index (χ4n) is 3.00. The summed E-state index contributed by atoms with van der Waals surface area (Å²) in [5.41, 5.74) is 1.65. The molecule has 1 fully saturated rings. The molecule has 0 bridgehead atoms. The number of hydrogen-bond acceptors (Lipinski definition) is 4. The largest absolute Gasteiger partial charge is 0.243 e. The first-order valence-electron chi connectivity index (χ1n) is 8.56. The lowest BCUT2D eigenvalue weighted by Crippen LogP contribution is -2.50. The van der Waals surface area contributed by atoms with Gasteiger partial charge in [-0.2, -0.15) is 8.61 Å². The van der Waals surface area contributed by atoms with Crippen molar-refractivity contribution < 1.29 is 16.8 Å². The zero-order valence-corrected chi connectivity index (χ0v) is 20.2. The van der Waals surface area contributed by atoms with E-state index in [-0.39, 0.29) is 36.0 Å². The molecule has 3 rings (SSSR count). The molecule has 2 aromatic rings. The molecular weight excluding hydrogens is 532 g/mol. The smallest absolute Gasteiger partial charge is 0.207 e. The lowest BCUT2D eigenvalue weighted by atomic mass is 10.2. The first-order valence-corrected chi connectivity index (χ1v) is 13.0. The van der Waals surface area contributed by atoms with Gasteiger partial charge in [-0.15, -0.1) is 0 Å². The third-order valence-corrected chi connectivity index (χ3v) is 10.3. The van der Waals surface area contributed by atoms with Crippen molar-refractivity contribution in [1.82, 2.24) is 8.61 Å². The van der Waals surface area contributed by atoms with Crippen LogP contribution in [0.1, 0.15) is 11.1 Å². The molecule has 0 unspecified atom stereocenters. The van der Waals surface area contributed by atoms with E-state index in [9.17, 15) is 16.8 Å². The normalized spacial score (nSPS) is 17.0. The quantitative estimate of drug-likeness (QED) is 0.582. The van der Waals surface area contributed by atoms with Gasteiger partial charge in [-0.3, -0.25) is 0 Å². The lowest BCUT2D eigenvalue weighted by molar-refractivity contribution is 0.273. The molecule has 0 radical (unpaired) electrons. The highest BCUT2D eigenvalue weighted by molar-refractivity contribution is 9.10. The molecule has 1 saturated heterocycles. The van der Waals surface area contributed by atoms with Gasteiger partial charge in [0.05, 0.1) is 9.79 Å². The van der Waals surface area contributed by atoms with Crippen molar-refractivity contribution in [2.75, 3.05) is 26.2 Å². The minimum Gasteiger partial charge on any atom is -0.207 e. The minimum atomic E-state index is -3.66. The van der Waals surface area contributed by atoms with Gasteiger partial charge in [0.2, 0.25) is 20.0 Å². The first-order chi connectivity index (χ1) is 13.0. The average Bonchev–Trinajstić information content (AvgIpc) is 2.66. The third-order valence-electron chi connectivity index (χ3n) is 4.73. The Morgan fingerprint density at radius 3 is 1.29 bits per heavy atom. The molecule has 28 heavy (non-hydrogen) atoms. The van der Waals surface area contributed by atoms with Crippen molar-refractivity contribution in [3.05, 3.63) is 56.5 Å². The molecule has 152 valence electrons. The summed E-state index contributed by atoms with van der Waals surface area (Å²) in [5, 5.41) is 0. The molecule has 6 nitrogen and oxygen atoms in total. The Kier molecular flexibility index (Phi) is 6.38. The van der Waals surface area contributed by atoms with Crippen LogP contribution >= 0.6 is 31.9 Å². The van der Waals surface area contributed by atoms with Gasteiger partial charge < -0.3 is 0 Å². The summed E-state index contributed by atoms with van der Waals surface area (Å²) in [6.45, 7) is 4.12. The van der Waals surface area contributed by atoms with Gasteiger partial charge >= 0.3 is 0 Å². The maximum absolute atomic E-state index is 12.9. The summed E-state index contributed by atoms with van der Waals surface area (Å²) in [7, 11) is -7.32. The van der Waals surface area contributed by atoms with Gasteiger partial charge in [0.1, 0.15) is 0 Å². The Hall–Kier alpha value is -0.780. The number of benzene rings is 2. The number of sulfonamides is 2. The molecule has 0 amide bonds. The van der Waals surface area contributed by atoms with E-state index in [0.29, 0.717) is 0 Å². The van der Waals surface area contributed by atoms with E-state index in [1.807, 2.05) is 13.8 Å². The molecule has 0 spiro atoms. The summed E-state index contributed by atoms with van der Waals surface area (Å²) in [5.74, 6) is 0. The van der Waals surface area contributed by atoms with Crippen LogP contribution in [0.3, 0.4) is 0 Å². The van der Waals surface area contributed by atoms with Gasteiger partial charge in [0, 0.05) is 35.1 Å². The van der Waals surface area contributed by atoms with Gasteiger partial charge in [-0.25, -0.2) is 16.8 Å². The molecule has 2 aromatic carbocycles. The Bertz CT molecular complexity index is 1020. The molecule has 1 aliphatic rings. The van der Waals surface area contributed by atoms with Crippen molar-refractivity contribution in [3.8, 4) is 0 Å². The second-order valence-corrected chi connectivity index (χ2v) is 12.2. The van der Waals surface area contributed by atoms with E-state index in [1.165, 1.54) is 8.61 Å². The summed E-state index contributed by atoms with van der Waals surface area (Å²) in [6, 6.07) is 9.76. The highest BCUT2D eigenvalue weighted by Crippen LogP contribution is 2.26. The van der Waals surface area contributed by atoms with Crippen LogP contribution in [0.15, 0.2) is 55.1 Å². The molecular formula is C18H20Br2N2O4S2. The van der Waals surface area contributed by atoms with E-state index in [2.05, 4.69) is 31.9 Å².